The predicted octanol–water partition coefficient (Wildman–Crippen LogP) is 1.83. The highest BCUT2D eigenvalue weighted by atomic mass is 32.2. The van der Waals surface area contributed by atoms with E-state index in [4.69, 9.17) is 4.74 Å². The molecule has 1 aromatic rings. The number of ether oxygens (including phenoxy) is 1. The van der Waals surface area contributed by atoms with Crippen molar-refractivity contribution in [3.8, 4) is 0 Å². The number of hydrogen-bond acceptors (Lipinski definition) is 4. The Kier molecular flexibility index (Phi) is 4.42. The topological polar surface area (TPSA) is 55.4 Å². The Labute approximate surface area is 112 Å². The van der Waals surface area contributed by atoms with Crippen molar-refractivity contribution >= 4 is 15.5 Å². The van der Waals surface area contributed by atoms with Gasteiger partial charge < -0.3 is 10.1 Å². The van der Waals surface area contributed by atoms with Gasteiger partial charge in [-0.3, -0.25) is 0 Å². The highest BCUT2D eigenvalue weighted by Crippen LogP contribution is 2.21. The monoisotopic (exact) mass is 287 g/mol. The summed E-state index contributed by atoms with van der Waals surface area (Å²) >= 11 is 0. The maximum Gasteiger partial charge on any atom is 0.157 e. The Morgan fingerprint density at radius 3 is 2.89 bits per heavy atom. The van der Waals surface area contributed by atoms with Crippen LogP contribution in [0.4, 0.5) is 10.1 Å². The Morgan fingerprint density at radius 1 is 1.47 bits per heavy atom. The van der Waals surface area contributed by atoms with Gasteiger partial charge in [0.2, 0.25) is 0 Å². The van der Waals surface area contributed by atoms with Gasteiger partial charge in [-0.05, 0) is 31.5 Å². The zero-order valence-corrected chi connectivity index (χ0v) is 11.6. The molecule has 0 bridgehead atoms. The lowest BCUT2D eigenvalue weighted by molar-refractivity contribution is 0.126. The fourth-order valence-electron chi connectivity index (χ4n) is 2.27. The third-order valence-electron chi connectivity index (χ3n) is 3.31. The van der Waals surface area contributed by atoms with Crippen molar-refractivity contribution in [1.82, 2.24) is 0 Å². The number of nitrogens with one attached hydrogen (secondary N) is 1. The van der Waals surface area contributed by atoms with Crippen LogP contribution in [0.25, 0.3) is 0 Å². The molecule has 1 aromatic carbocycles. The van der Waals surface area contributed by atoms with Gasteiger partial charge in [-0.2, -0.15) is 0 Å². The van der Waals surface area contributed by atoms with Crippen molar-refractivity contribution in [3.63, 3.8) is 0 Å². The standard InChI is InChI=1S/C13H18FNO3S/c1-10-13(5-7-18-10)19(16,17)8-6-15-12-4-2-3-11(14)9-12/h2-4,9-10,13,15H,5-8H2,1H3. The second kappa shape index (κ2) is 5.88. The Balaban J connectivity index is 1.88. The quantitative estimate of drug-likeness (QED) is 0.897. The molecule has 2 unspecified atom stereocenters. The van der Waals surface area contributed by atoms with E-state index >= 15 is 0 Å². The van der Waals surface area contributed by atoms with Gasteiger partial charge in [-0.1, -0.05) is 6.07 Å². The highest BCUT2D eigenvalue weighted by molar-refractivity contribution is 7.92. The second-order valence-electron chi connectivity index (χ2n) is 4.71. The zero-order chi connectivity index (χ0) is 13.9. The third kappa shape index (κ3) is 3.67. The predicted molar refractivity (Wildman–Crippen MR) is 72.5 cm³/mol. The van der Waals surface area contributed by atoms with Crippen LogP contribution in [0.5, 0.6) is 0 Å². The molecule has 1 aliphatic heterocycles. The van der Waals surface area contributed by atoms with Crippen molar-refractivity contribution < 1.29 is 17.5 Å². The minimum absolute atomic E-state index is 0.0296. The van der Waals surface area contributed by atoms with E-state index in [1.165, 1.54) is 12.1 Å². The normalized spacial score (nSPS) is 23.5. The van der Waals surface area contributed by atoms with Crippen LogP contribution in [0, 0.1) is 5.82 Å². The first-order valence-corrected chi connectivity index (χ1v) is 8.03. The van der Waals surface area contributed by atoms with E-state index in [1.807, 2.05) is 0 Å². The van der Waals surface area contributed by atoms with Crippen molar-refractivity contribution in [2.45, 2.75) is 24.7 Å². The van der Waals surface area contributed by atoms with Crippen LogP contribution in [0.2, 0.25) is 0 Å². The Hall–Kier alpha value is -1.14. The first-order chi connectivity index (χ1) is 8.99. The molecule has 0 aliphatic carbocycles. The number of rotatable bonds is 5. The summed E-state index contributed by atoms with van der Waals surface area (Å²) in [5.74, 6) is -0.312. The van der Waals surface area contributed by atoms with Gasteiger partial charge in [-0.15, -0.1) is 0 Å². The van der Waals surface area contributed by atoms with Gasteiger partial charge in [0.05, 0.1) is 17.1 Å². The minimum atomic E-state index is -3.17. The molecule has 2 atom stereocenters. The number of sulfone groups is 1. The van der Waals surface area contributed by atoms with Crippen LogP contribution < -0.4 is 5.32 Å². The molecule has 1 aliphatic rings. The van der Waals surface area contributed by atoms with E-state index in [1.54, 1.807) is 19.1 Å². The summed E-state index contributed by atoms with van der Waals surface area (Å²) in [5, 5.41) is 2.50. The minimum Gasteiger partial charge on any atom is -0.384 e. The van der Waals surface area contributed by atoms with Crippen molar-refractivity contribution in [2.75, 3.05) is 24.2 Å². The lowest BCUT2D eigenvalue weighted by atomic mass is 10.3. The maximum absolute atomic E-state index is 13.0. The smallest absolute Gasteiger partial charge is 0.157 e. The SMILES string of the molecule is CC1OCCC1S(=O)(=O)CCNc1cccc(F)c1. The lowest BCUT2D eigenvalue weighted by Gasteiger charge is -2.15. The van der Waals surface area contributed by atoms with Gasteiger partial charge in [0.25, 0.3) is 0 Å². The molecule has 4 nitrogen and oxygen atoms in total. The van der Waals surface area contributed by atoms with Crippen LogP contribution in [0.3, 0.4) is 0 Å². The number of anilines is 1. The highest BCUT2D eigenvalue weighted by Gasteiger charge is 2.35. The van der Waals surface area contributed by atoms with Crippen molar-refractivity contribution in [2.24, 2.45) is 0 Å². The van der Waals surface area contributed by atoms with Gasteiger partial charge in [0, 0.05) is 18.8 Å². The van der Waals surface area contributed by atoms with Crippen LogP contribution in [-0.4, -0.2) is 38.7 Å². The summed E-state index contributed by atoms with van der Waals surface area (Å²) in [6, 6.07) is 5.98. The molecule has 106 valence electrons. The van der Waals surface area contributed by atoms with E-state index in [9.17, 15) is 12.8 Å². The Bertz CT molecular complexity index is 532. The van der Waals surface area contributed by atoms with Crippen LogP contribution in [0.15, 0.2) is 24.3 Å². The summed E-state index contributed by atoms with van der Waals surface area (Å²) in [5.41, 5.74) is 0.589. The molecular formula is C13H18FNO3S. The fourth-order valence-corrected chi connectivity index (χ4v) is 4.08. The summed E-state index contributed by atoms with van der Waals surface area (Å²) < 4.78 is 42.4. The number of benzene rings is 1. The summed E-state index contributed by atoms with van der Waals surface area (Å²) in [6.45, 7) is 2.56. The second-order valence-corrected chi connectivity index (χ2v) is 7.05. The van der Waals surface area contributed by atoms with Crippen LogP contribution in [0.1, 0.15) is 13.3 Å². The number of hydrogen-bond donors (Lipinski definition) is 1. The van der Waals surface area contributed by atoms with E-state index in [0.717, 1.165) is 0 Å². The van der Waals surface area contributed by atoms with E-state index in [-0.39, 0.29) is 24.2 Å². The molecule has 19 heavy (non-hydrogen) atoms. The largest absolute Gasteiger partial charge is 0.384 e. The third-order valence-corrected chi connectivity index (χ3v) is 5.62. The molecule has 1 N–H and O–H groups in total. The summed E-state index contributed by atoms with van der Waals surface area (Å²) in [4.78, 5) is 0. The van der Waals surface area contributed by atoms with E-state index < -0.39 is 15.1 Å². The average Bonchev–Trinajstić information content (AvgIpc) is 2.76. The Morgan fingerprint density at radius 2 is 2.26 bits per heavy atom. The van der Waals surface area contributed by atoms with Crippen LogP contribution in [-0.2, 0) is 14.6 Å². The molecule has 0 spiro atoms. The molecule has 1 fully saturated rings. The summed E-state index contributed by atoms with van der Waals surface area (Å²) in [6.07, 6.45) is 0.322. The lowest BCUT2D eigenvalue weighted by Crippen LogP contribution is -2.32. The summed E-state index contributed by atoms with van der Waals surface area (Å²) in [7, 11) is -3.17. The molecule has 1 heterocycles. The molecular weight excluding hydrogens is 269 g/mol. The molecule has 0 radical (unpaired) electrons. The molecule has 0 aromatic heterocycles. The van der Waals surface area contributed by atoms with Gasteiger partial charge in [0.15, 0.2) is 9.84 Å². The van der Waals surface area contributed by atoms with Gasteiger partial charge in [-0.25, -0.2) is 12.8 Å². The average molecular weight is 287 g/mol. The maximum atomic E-state index is 13.0. The molecule has 0 amide bonds. The fraction of sp³-hybridized carbons (Fsp3) is 0.538. The molecule has 6 heteroatoms. The molecule has 1 saturated heterocycles. The van der Waals surface area contributed by atoms with Gasteiger partial charge in [0.1, 0.15) is 5.82 Å². The zero-order valence-electron chi connectivity index (χ0n) is 10.8. The van der Waals surface area contributed by atoms with Gasteiger partial charge >= 0.3 is 0 Å². The van der Waals surface area contributed by atoms with Crippen molar-refractivity contribution in [3.05, 3.63) is 30.1 Å². The van der Waals surface area contributed by atoms with Crippen LogP contribution >= 0.6 is 0 Å². The first-order valence-electron chi connectivity index (χ1n) is 6.31. The van der Waals surface area contributed by atoms with Crippen molar-refractivity contribution in [1.29, 1.82) is 0 Å². The number of halogens is 1. The molecule has 2 rings (SSSR count). The first kappa shape index (κ1) is 14.3. The van der Waals surface area contributed by atoms with E-state index in [0.29, 0.717) is 18.7 Å². The molecule has 0 saturated carbocycles. The van der Waals surface area contributed by atoms with E-state index in [2.05, 4.69) is 5.32 Å².